The lowest BCUT2D eigenvalue weighted by molar-refractivity contribution is 0.00754. The van der Waals surface area contributed by atoms with Gasteiger partial charge in [-0.05, 0) is 74.0 Å². The first kappa shape index (κ1) is 13.4. The van der Waals surface area contributed by atoms with Gasteiger partial charge in [-0.25, -0.2) is 0 Å². The molecule has 21 heavy (non-hydrogen) atoms. The molecule has 4 aliphatic rings. The maximum Gasteiger partial charge on any atom is 0.250 e. The Morgan fingerprint density at radius 2 is 1.71 bits per heavy atom. The normalized spacial score (nSPS) is 36.7. The highest BCUT2D eigenvalue weighted by Gasteiger charge is 2.48. The van der Waals surface area contributed by atoms with Crippen molar-refractivity contribution in [2.75, 3.05) is 5.32 Å². The van der Waals surface area contributed by atoms with Gasteiger partial charge in [-0.3, -0.25) is 4.79 Å². The van der Waals surface area contributed by atoms with Crippen molar-refractivity contribution < 1.29 is 4.79 Å². The number of hydrogen-bond acceptors (Lipinski definition) is 2. The van der Waals surface area contributed by atoms with Gasteiger partial charge in [-0.2, -0.15) is 0 Å². The van der Waals surface area contributed by atoms with Crippen LogP contribution in [0.15, 0.2) is 18.2 Å². The summed E-state index contributed by atoms with van der Waals surface area (Å²) in [6.07, 6.45) is 6.97. The fraction of sp³-hybridized carbons (Fsp3) is 0.588. The van der Waals surface area contributed by atoms with Gasteiger partial charge in [0.25, 0.3) is 0 Å². The molecule has 4 aliphatic carbocycles. The Morgan fingerprint density at radius 3 is 2.29 bits per heavy atom. The van der Waals surface area contributed by atoms with E-state index in [9.17, 15) is 4.79 Å². The highest BCUT2D eigenvalue weighted by molar-refractivity contribution is 6.33. The Bertz CT molecular complexity index is 558. The molecule has 4 heteroatoms. The molecule has 0 radical (unpaired) electrons. The molecule has 3 N–H and O–H groups in total. The third-order valence-electron chi connectivity index (χ3n) is 5.79. The molecule has 4 bridgehead atoms. The van der Waals surface area contributed by atoms with Gasteiger partial charge in [-0.1, -0.05) is 11.6 Å². The van der Waals surface area contributed by atoms with Crippen LogP contribution >= 0.6 is 11.6 Å². The second-order valence-corrected chi connectivity index (χ2v) is 7.57. The molecular weight excluding hydrogens is 284 g/mol. The second kappa shape index (κ2) is 4.91. The number of primary amides is 1. The topological polar surface area (TPSA) is 55.1 Å². The van der Waals surface area contributed by atoms with Crippen LogP contribution in [-0.2, 0) is 0 Å². The summed E-state index contributed by atoms with van der Waals surface area (Å²) in [7, 11) is 0. The third kappa shape index (κ3) is 2.32. The van der Waals surface area contributed by atoms with E-state index in [2.05, 4.69) is 5.32 Å². The summed E-state index contributed by atoms with van der Waals surface area (Å²) in [6.45, 7) is 0. The lowest BCUT2D eigenvalue weighted by Crippen LogP contribution is -2.51. The molecule has 0 aliphatic heterocycles. The minimum Gasteiger partial charge on any atom is -0.382 e. The zero-order chi connectivity index (χ0) is 14.6. The number of nitrogens with two attached hydrogens (primary N) is 1. The summed E-state index contributed by atoms with van der Waals surface area (Å²) in [5.41, 5.74) is 6.77. The first-order valence-corrected chi connectivity index (χ1v) is 8.34. The van der Waals surface area contributed by atoms with Crippen LogP contribution in [0, 0.1) is 23.7 Å². The fourth-order valence-corrected chi connectivity index (χ4v) is 5.37. The summed E-state index contributed by atoms with van der Waals surface area (Å²) in [6, 6.07) is 6.08. The van der Waals surface area contributed by atoms with Gasteiger partial charge in [0.15, 0.2) is 0 Å². The van der Waals surface area contributed by atoms with Crippen molar-refractivity contribution in [1.29, 1.82) is 0 Å². The zero-order valence-corrected chi connectivity index (χ0v) is 12.8. The number of nitrogens with one attached hydrogen (secondary N) is 1. The largest absolute Gasteiger partial charge is 0.382 e. The van der Waals surface area contributed by atoms with Crippen LogP contribution < -0.4 is 11.1 Å². The number of benzene rings is 1. The molecule has 1 amide bonds. The van der Waals surface area contributed by atoms with Crippen LogP contribution in [0.2, 0.25) is 5.02 Å². The summed E-state index contributed by atoms with van der Waals surface area (Å²) < 4.78 is 0. The lowest BCUT2D eigenvalue weighted by atomic mass is 9.54. The van der Waals surface area contributed by atoms with Gasteiger partial charge in [0.2, 0.25) is 5.91 Å². The monoisotopic (exact) mass is 304 g/mol. The maximum absolute atomic E-state index is 11.4. The Kier molecular flexibility index (Phi) is 3.14. The molecular formula is C17H21ClN2O. The van der Waals surface area contributed by atoms with Gasteiger partial charge in [0.1, 0.15) is 0 Å². The predicted molar refractivity (Wildman–Crippen MR) is 84.4 cm³/mol. The van der Waals surface area contributed by atoms with Crippen molar-refractivity contribution in [2.24, 2.45) is 29.4 Å². The van der Waals surface area contributed by atoms with Crippen LogP contribution in [0.1, 0.15) is 42.5 Å². The fourth-order valence-electron chi connectivity index (χ4n) is 5.16. The van der Waals surface area contributed by atoms with E-state index in [0.717, 1.165) is 29.4 Å². The van der Waals surface area contributed by atoms with Crippen LogP contribution in [0.25, 0.3) is 0 Å². The molecule has 0 spiro atoms. The molecule has 5 rings (SSSR count). The van der Waals surface area contributed by atoms with Crippen molar-refractivity contribution in [3.05, 3.63) is 28.8 Å². The van der Waals surface area contributed by atoms with Crippen molar-refractivity contribution in [1.82, 2.24) is 0 Å². The average molecular weight is 305 g/mol. The molecule has 0 saturated heterocycles. The highest BCUT2D eigenvalue weighted by Crippen LogP contribution is 2.54. The number of anilines is 1. The Balaban J connectivity index is 1.56. The molecule has 0 atom stereocenters. The predicted octanol–water partition coefficient (Wildman–Crippen LogP) is 3.68. The van der Waals surface area contributed by atoms with Crippen molar-refractivity contribution >= 4 is 23.2 Å². The van der Waals surface area contributed by atoms with Crippen LogP contribution in [-0.4, -0.2) is 11.9 Å². The van der Waals surface area contributed by atoms with Crippen LogP contribution in [0.5, 0.6) is 0 Å². The van der Waals surface area contributed by atoms with Gasteiger partial charge in [0.05, 0.1) is 10.6 Å². The molecule has 4 fully saturated rings. The van der Waals surface area contributed by atoms with E-state index in [1.807, 2.05) is 6.07 Å². The van der Waals surface area contributed by atoms with Crippen LogP contribution in [0.4, 0.5) is 5.69 Å². The van der Waals surface area contributed by atoms with E-state index < -0.39 is 5.91 Å². The van der Waals surface area contributed by atoms with Gasteiger partial charge >= 0.3 is 0 Å². The number of hydrogen-bond donors (Lipinski definition) is 2. The Labute approximate surface area is 130 Å². The van der Waals surface area contributed by atoms with E-state index in [1.54, 1.807) is 12.1 Å². The van der Waals surface area contributed by atoms with E-state index in [1.165, 1.54) is 32.1 Å². The zero-order valence-electron chi connectivity index (χ0n) is 12.0. The summed E-state index contributed by atoms with van der Waals surface area (Å²) in [5, 5.41) is 4.11. The van der Waals surface area contributed by atoms with E-state index in [4.69, 9.17) is 17.3 Å². The Morgan fingerprint density at radius 1 is 1.10 bits per heavy atom. The summed E-state index contributed by atoms with van der Waals surface area (Å²) >= 11 is 6.03. The van der Waals surface area contributed by atoms with Crippen LogP contribution in [0.3, 0.4) is 0 Å². The first-order valence-electron chi connectivity index (χ1n) is 7.96. The maximum atomic E-state index is 11.4. The van der Waals surface area contributed by atoms with Gasteiger partial charge in [0, 0.05) is 11.7 Å². The van der Waals surface area contributed by atoms with Crippen molar-refractivity contribution in [3.8, 4) is 0 Å². The van der Waals surface area contributed by atoms with Crippen molar-refractivity contribution in [2.45, 2.75) is 38.1 Å². The number of rotatable bonds is 3. The second-order valence-electron chi connectivity index (χ2n) is 7.16. The first-order chi connectivity index (χ1) is 10.1. The minimum absolute atomic E-state index is 0.408. The number of carbonyl (C=O) groups excluding carboxylic acids is 1. The minimum atomic E-state index is -0.464. The van der Waals surface area contributed by atoms with Gasteiger partial charge in [-0.15, -0.1) is 0 Å². The average Bonchev–Trinajstić information content (AvgIpc) is 2.43. The van der Waals surface area contributed by atoms with Crippen molar-refractivity contribution in [3.63, 3.8) is 0 Å². The molecule has 1 aromatic carbocycles. The standard InChI is InChI=1S/C17H21ClN2O/c18-15-2-1-13(8-14(15)17(19)21)20-16-11-4-9-3-10(6-11)7-12(16)5-9/h1-2,8-12,16,20H,3-7H2,(H2,19,21). The summed E-state index contributed by atoms with van der Waals surface area (Å²) in [5.74, 6) is 3.07. The lowest BCUT2D eigenvalue weighted by Gasteiger charge is -2.54. The molecule has 112 valence electrons. The molecule has 4 saturated carbocycles. The molecule has 0 aromatic heterocycles. The molecule has 0 heterocycles. The van der Waals surface area contributed by atoms with E-state index in [0.29, 0.717) is 16.6 Å². The smallest absolute Gasteiger partial charge is 0.250 e. The summed E-state index contributed by atoms with van der Waals surface area (Å²) in [4.78, 5) is 11.4. The quantitative estimate of drug-likeness (QED) is 0.895. The van der Waals surface area contributed by atoms with E-state index >= 15 is 0 Å². The number of carbonyl (C=O) groups is 1. The molecule has 1 aromatic rings. The van der Waals surface area contributed by atoms with E-state index in [-0.39, 0.29) is 0 Å². The molecule has 3 nitrogen and oxygen atoms in total. The Hall–Kier alpha value is -1.22. The number of halogens is 1. The van der Waals surface area contributed by atoms with Gasteiger partial charge < -0.3 is 11.1 Å². The SMILES string of the molecule is NC(=O)c1cc(NC2C3CC4CC(C3)CC2C4)ccc1Cl. The highest BCUT2D eigenvalue weighted by atomic mass is 35.5. The third-order valence-corrected chi connectivity index (χ3v) is 6.12. The number of amides is 1. The molecule has 0 unspecified atom stereocenters.